The van der Waals surface area contributed by atoms with Crippen molar-refractivity contribution >= 4 is 34.7 Å². The van der Waals surface area contributed by atoms with Crippen LogP contribution in [0.1, 0.15) is 15.2 Å². The van der Waals surface area contributed by atoms with Crippen molar-refractivity contribution in [2.75, 3.05) is 18.2 Å². The summed E-state index contributed by atoms with van der Waals surface area (Å²) in [6.07, 6.45) is 1.97. The summed E-state index contributed by atoms with van der Waals surface area (Å²) in [6, 6.07) is 9.43. The third-order valence-electron chi connectivity index (χ3n) is 2.53. The molecule has 1 aromatic carbocycles. The highest BCUT2D eigenvalue weighted by atomic mass is 32.2. The Labute approximate surface area is 126 Å². The van der Waals surface area contributed by atoms with E-state index < -0.39 is 0 Å². The van der Waals surface area contributed by atoms with Gasteiger partial charge < -0.3 is 10.4 Å². The second-order valence-electron chi connectivity index (χ2n) is 3.78. The van der Waals surface area contributed by atoms with Gasteiger partial charge in [-0.2, -0.15) is 0 Å². The number of aliphatic hydroxyl groups is 1. The van der Waals surface area contributed by atoms with Gasteiger partial charge in [-0.15, -0.1) is 23.1 Å². The number of amides is 1. The van der Waals surface area contributed by atoms with Gasteiger partial charge in [-0.3, -0.25) is 4.79 Å². The molecule has 0 saturated carbocycles. The Kier molecular flexibility index (Phi) is 5.24. The van der Waals surface area contributed by atoms with Gasteiger partial charge in [-0.1, -0.05) is 24.0 Å². The van der Waals surface area contributed by atoms with E-state index >= 15 is 0 Å². The molecule has 2 rings (SSSR count). The number of anilines is 1. The van der Waals surface area contributed by atoms with E-state index in [9.17, 15) is 4.79 Å². The second kappa shape index (κ2) is 7.15. The van der Waals surface area contributed by atoms with Gasteiger partial charge in [0, 0.05) is 10.5 Å². The fraction of sp³-hybridized carbons (Fsp3) is 0.133. The van der Waals surface area contributed by atoms with Crippen molar-refractivity contribution in [2.24, 2.45) is 0 Å². The number of carbonyl (C=O) groups is 1. The zero-order valence-corrected chi connectivity index (χ0v) is 12.5. The second-order valence-corrected chi connectivity index (χ2v) is 5.54. The molecule has 0 fully saturated rings. The van der Waals surface area contributed by atoms with Gasteiger partial charge in [0.05, 0.1) is 5.69 Å². The van der Waals surface area contributed by atoms with Crippen LogP contribution in [0.15, 0.2) is 40.6 Å². The number of para-hydroxylation sites is 1. The Morgan fingerprint density at radius 1 is 1.40 bits per heavy atom. The molecule has 1 amide bonds. The maximum atomic E-state index is 12.3. The predicted molar refractivity (Wildman–Crippen MR) is 84.5 cm³/mol. The van der Waals surface area contributed by atoms with E-state index in [1.807, 2.05) is 35.9 Å². The molecule has 0 saturated heterocycles. The molecule has 0 radical (unpaired) electrons. The van der Waals surface area contributed by atoms with Crippen molar-refractivity contribution in [3.63, 3.8) is 0 Å². The lowest BCUT2D eigenvalue weighted by Crippen LogP contribution is -2.12. The lowest BCUT2D eigenvalue weighted by molar-refractivity contribution is 0.103. The zero-order valence-electron chi connectivity index (χ0n) is 10.8. The Balaban J connectivity index is 2.22. The van der Waals surface area contributed by atoms with E-state index in [0.29, 0.717) is 10.4 Å². The lowest BCUT2D eigenvalue weighted by atomic mass is 10.2. The summed E-state index contributed by atoms with van der Waals surface area (Å²) in [5.41, 5.74) is 1.43. The van der Waals surface area contributed by atoms with Crippen molar-refractivity contribution in [2.45, 2.75) is 4.90 Å². The molecular weight excluding hydrogens is 290 g/mol. The number of rotatable bonds is 3. The smallest absolute Gasteiger partial charge is 0.267 e. The minimum absolute atomic E-state index is 0.177. The number of thioether (sulfide) groups is 1. The molecule has 0 aliphatic rings. The lowest BCUT2D eigenvalue weighted by Gasteiger charge is -2.08. The first-order valence-corrected chi connectivity index (χ1v) is 7.98. The van der Waals surface area contributed by atoms with Crippen molar-refractivity contribution in [3.8, 4) is 11.8 Å². The average Bonchev–Trinajstić information content (AvgIpc) is 2.94. The Bertz CT molecular complexity index is 668. The van der Waals surface area contributed by atoms with E-state index in [0.717, 1.165) is 10.6 Å². The molecular formula is C15H13NO2S2. The van der Waals surface area contributed by atoms with E-state index in [1.165, 1.54) is 11.3 Å². The molecule has 20 heavy (non-hydrogen) atoms. The summed E-state index contributed by atoms with van der Waals surface area (Å²) in [4.78, 5) is 13.9. The number of thiophene rings is 1. The number of carbonyl (C=O) groups excluding carboxylic acids is 1. The Morgan fingerprint density at radius 2 is 2.20 bits per heavy atom. The van der Waals surface area contributed by atoms with Crippen molar-refractivity contribution in [3.05, 3.63) is 46.2 Å². The van der Waals surface area contributed by atoms with Crippen molar-refractivity contribution in [1.82, 2.24) is 0 Å². The predicted octanol–water partition coefficient (Wildman–Crippen LogP) is 3.07. The SMILES string of the molecule is CSc1ccccc1NC(=O)c1sccc1C#CCO. The summed E-state index contributed by atoms with van der Waals surface area (Å²) in [6.45, 7) is -0.216. The standard InChI is InChI=1S/C15H13NO2S2/c1-19-13-7-3-2-6-12(13)16-15(18)14-11(5-4-9-17)8-10-20-14/h2-3,6-8,10,17H,9H2,1H3,(H,16,18). The molecule has 5 heteroatoms. The van der Waals surface area contributed by atoms with Gasteiger partial charge in [0.15, 0.2) is 0 Å². The molecule has 102 valence electrons. The third kappa shape index (κ3) is 3.42. The Morgan fingerprint density at radius 3 is 2.95 bits per heavy atom. The molecule has 2 aromatic rings. The van der Waals surface area contributed by atoms with Crippen LogP contribution in [0.5, 0.6) is 0 Å². The van der Waals surface area contributed by atoms with Crippen molar-refractivity contribution in [1.29, 1.82) is 0 Å². The van der Waals surface area contributed by atoms with E-state index in [1.54, 1.807) is 17.8 Å². The number of aliphatic hydroxyl groups excluding tert-OH is 1. The first-order valence-electron chi connectivity index (χ1n) is 5.88. The topological polar surface area (TPSA) is 49.3 Å². The number of nitrogens with one attached hydrogen (secondary N) is 1. The molecule has 0 atom stereocenters. The highest BCUT2D eigenvalue weighted by molar-refractivity contribution is 7.98. The molecule has 1 heterocycles. The number of hydrogen-bond acceptors (Lipinski definition) is 4. The first-order chi connectivity index (χ1) is 9.76. The average molecular weight is 303 g/mol. The molecule has 0 bridgehead atoms. The normalized spacial score (nSPS) is 9.70. The molecule has 0 spiro atoms. The minimum atomic E-state index is -0.216. The van der Waals surface area contributed by atoms with Crippen LogP contribution in [0.2, 0.25) is 0 Å². The summed E-state index contributed by atoms with van der Waals surface area (Å²) >= 11 is 2.92. The molecule has 3 nitrogen and oxygen atoms in total. The van der Waals surface area contributed by atoms with Crippen LogP contribution in [0.25, 0.3) is 0 Å². The summed E-state index contributed by atoms with van der Waals surface area (Å²) < 4.78 is 0. The molecule has 2 N–H and O–H groups in total. The maximum Gasteiger partial charge on any atom is 0.267 e. The largest absolute Gasteiger partial charge is 0.384 e. The van der Waals surface area contributed by atoms with Gasteiger partial charge >= 0.3 is 0 Å². The van der Waals surface area contributed by atoms with Crippen LogP contribution >= 0.6 is 23.1 Å². The van der Waals surface area contributed by atoms with Gasteiger partial charge in [-0.05, 0) is 29.8 Å². The molecule has 0 aliphatic heterocycles. The van der Waals surface area contributed by atoms with Crippen molar-refractivity contribution < 1.29 is 9.90 Å². The maximum absolute atomic E-state index is 12.3. The zero-order chi connectivity index (χ0) is 14.4. The third-order valence-corrected chi connectivity index (χ3v) is 4.24. The Hall–Kier alpha value is -1.74. The summed E-state index contributed by atoms with van der Waals surface area (Å²) in [5.74, 6) is 5.17. The summed E-state index contributed by atoms with van der Waals surface area (Å²) in [7, 11) is 0. The van der Waals surface area contributed by atoms with Crippen LogP contribution in [0.4, 0.5) is 5.69 Å². The van der Waals surface area contributed by atoms with Crippen LogP contribution < -0.4 is 5.32 Å². The van der Waals surface area contributed by atoms with Gasteiger partial charge in [0.1, 0.15) is 11.5 Å². The number of benzene rings is 1. The van der Waals surface area contributed by atoms with Crippen LogP contribution in [-0.2, 0) is 0 Å². The monoisotopic (exact) mass is 303 g/mol. The highest BCUT2D eigenvalue weighted by Crippen LogP contribution is 2.26. The summed E-state index contributed by atoms with van der Waals surface area (Å²) in [5, 5.41) is 13.4. The van der Waals surface area contributed by atoms with E-state index in [-0.39, 0.29) is 12.5 Å². The fourth-order valence-corrected chi connectivity index (χ4v) is 2.94. The molecule has 0 aliphatic carbocycles. The van der Waals surface area contributed by atoms with Crippen LogP contribution in [-0.4, -0.2) is 23.9 Å². The molecule has 1 aromatic heterocycles. The number of hydrogen-bond donors (Lipinski definition) is 2. The van der Waals surface area contributed by atoms with E-state index in [4.69, 9.17) is 5.11 Å². The van der Waals surface area contributed by atoms with Crippen LogP contribution in [0.3, 0.4) is 0 Å². The quantitative estimate of drug-likeness (QED) is 0.677. The first kappa shape index (κ1) is 14.7. The fourth-order valence-electron chi connectivity index (χ4n) is 1.65. The van der Waals surface area contributed by atoms with Gasteiger partial charge in [0.25, 0.3) is 5.91 Å². The highest BCUT2D eigenvalue weighted by Gasteiger charge is 2.13. The minimum Gasteiger partial charge on any atom is -0.384 e. The molecule has 0 unspecified atom stereocenters. The van der Waals surface area contributed by atoms with Crippen LogP contribution in [0, 0.1) is 11.8 Å². The van der Waals surface area contributed by atoms with E-state index in [2.05, 4.69) is 17.2 Å². The van der Waals surface area contributed by atoms with Gasteiger partial charge in [0.2, 0.25) is 0 Å². The van der Waals surface area contributed by atoms with Gasteiger partial charge in [-0.25, -0.2) is 0 Å².